The molecule has 8 heteroatoms. The van der Waals surface area contributed by atoms with Gasteiger partial charge in [-0.25, -0.2) is 13.1 Å². The molecule has 7 nitrogen and oxygen atoms in total. The zero-order valence-corrected chi connectivity index (χ0v) is 13.3. The molecular weight excluding hydrogens is 292 g/mol. The van der Waals surface area contributed by atoms with Crippen LogP contribution in [-0.4, -0.2) is 45.9 Å². The van der Waals surface area contributed by atoms with Gasteiger partial charge < -0.3 is 16.0 Å². The summed E-state index contributed by atoms with van der Waals surface area (Å²) in [5, 5.41) is 2.87. The lowest BCUT2D eigenvalue weighted by Gasteiger charge is -2.16. The van der Waals surface area contributed by atoms with E-state index in [9.17, 15) is 13.2 Å². The molecule has 1 aromatic carbocycles. The van der Waals surface area contributed by atoms with E-state index in [2.05, 4.69) is 10.0 Å². The fourth-order valence-electron chi connectivity index (χ4n) is 1.61. The second-order valence-electron chi connectivity index (χ2n) is 4.51. The molecule has 0 heterocycles. The van der Waals surface area contributed by atoms with Gasteiger partial charge in [-0.15, -0.1) is 0 Å². The Labute approximate surface area is 125 Å². The van der Waals surface area contributed by atoms with Gasteiger partial charge in [0.2, 0.25) is 15.9 Å². The zero-order valence-electron chi connectivity index (χ0n) is 12.5. The Kier molecular flexibility index (Phi) is 5.98. The number of hydrogen-bond acceptors (Lipinski definition) is 5. The minimum Gasteiger partial charge on any atom is -0.397 e. The molecule has 0 aliphatic rings. The van der Waals surface area contributed by atoms with Crippen LogP contribution in [0.15, 0.2) is 23.1 Å². The number of amides is 1. The van der Waals surface area contributed by atoms with E-state index in [0.29, 0.717) is 24.5 Å². The van der Waals surface area contributed by atoms with Crippen LogP contribution >= 0.6 is 0 Å². The number of nitrogens with two attached hydrogens (primary N) is 1. The quantitative estimate of drug-likeness (QED) is 0.634. The van der Waals surface area contributed by atoms with Crippen molar-refractivity contribution < 1.29 is 13.2 Å². The highest BCUT2D eigenvalue weighted by Gasteiger charge is 2.15. The number of nitrogens with zero attached hydrogens (tertiary/aromatic N) is 1. The molecule has 21 heavy (non-hydrogen) atoms. The van der Waals surface area contributed by atoms with Crippen molar-refractivity contribution in [2.45, 2.75) is 18.7 Å². The van der Waals surface area contributed by atoms with Gasteiger partial charge in [-0.3, -0.25) is 4.79 Å². The summed E-state index contributed by atoms with van der Waals surface area (Å²) in [5.74, 6) is -0.100. The first-order chi connectivity index (χ1) is 9.81. The van der Waals surface area contributed by atoms with Crippen LogP contribution in [0.2, 0.25) is 0 Å². The fraction of sp³-hybridized carbons (Fsp3) is 0.462. The van der Waals surface area contributed by atoms with Crippen molar-refractivity contribution in [1.29, 1.82) is 0 Å². The standard InChI is InChI=1S/C13H22N4O3S/c1-4-16-21(19,20)10-6-7-11(14)12(8-10)15-9-13(18)17(3)5-2/h6-8,15-16H,4-5,9,14H2,1-3H3. The molecule has 0 radical (unpaired) electrons. The number of sulfonamides is 1. The maximum absolute atomic E-state index is 11.9. The van der Waals surface area contributed by atoms with Crippen LogP contribution in [0.25, 0.3) is 0 Å². The van der Waals surface area contributed by atoms with Gasteiger partial charge in [-0.05, 0) is 25.1 Å². The van der Waals surface area contributed by atoms with Crippen LogP contribution in [0.1, 0.15) is 13.8 Å². The molecule has 0 unspecified atom stereocenters. The van der Waals surface area contributed by atoms with Gasteiger partial charge in [-0.1, -0.05) is 6.92 Å². The largest absolute Gasteiger partial charge is 0.397 e. The predicted octanol–water partition coefficient (Wildman–Crippen LogP) is 0.457. The summed E-state index contributed by atoms with van der Waals surface area (Å²) in [6.07, 6.45) is 0. The third-order valence-corrected chi connectivity index (χ3v) is 4.54. The summed E-state index contributed by atoms with van der Waals surface area (Å²) < 4.78 is 26.3. The summed E-state index contributed by atoms with van der Waals surface area (Å²) >= 11 is 0. The number of benzene rings is 1. The second-order valence-corrected chi connectivity index (χ2v) is 6.28. The molecule has 1 amide bonds. The van der Waals surface area contributed by atoms with Crippen LogP contribution in [-0.2, 0) is 14.8 Å². The van der Waals surface area contributed by atoms with E-state index in [1.807, 2.05) is 6.92 Å². The molecule has 1 rings (SSSR count). The molecule has 0 atom stereocenters. The van der Waals surface area contributed by atoms with Crippen molar-refractivity contribution >= 4 is 27.3 Å². The van der Waals surface area contributed by atoms with E-state index in [-0.39, 0.29) is 17.3 Å². The van der Waals surface area contributed by atoms with Crippen LogP contribution < -0.4 is 15.8 Å². The maximum Gasteiger partial charge on any atom is 0.241 e. The van der Waals surface area contributed by atoms with Crippen molar-refractivity contribution in [2.24, 2.45) is 0 Å². The smallest absolute Gasteiger partial charge is 0.241 e. The third kappa shape index (κ3) is 4.61. The number of nitrogens with one attached hydrogen (secondary N) is 2. The summed E-state index contributed by atoms with van der Waals surface area (Å²) in [6.45, 7) is 4.53. The van der Waals surface area contributed by atoms with Gasteiger partial charge in [0.1, 0.15) is 0 Å². The first-order valence-electron chi connectivity index (χ1n) is 6.68. The van der Waals surface area contributed by atoms with Crippen molar-refractivity contribution in [3.05, 3.63) is 18.2 Å². The molecule has 0 spiro atoms. The normalized spacial score (nSPS) is 11.2. The number of likely N-dealkylation sites (N-methyl/N-ethyl adjacent to an activating group) is 1. The van der Waals surface area contributed by atoms with E-state index in [0.717, 1.165) is 0 Å². The average Bonchev–Trinajstić information content (AvgIpc) is 2.44. The predicted molar refractivity (Wildman–Crippen MR) is 83.5 cm³/mol. The van der Waals surface area contributed by atoms with Crippen molar-refractivity contribution in [3.63, 3.8) is 0 Å². The first kappa shape index (κ1) is 17.3. The van der Waals surface area contributed by atoms with Gasteiger partial charge in [-0.2, -0.15) is 0 Å². The summed E-state index contributed by atoms with van der Waals surface area (Å²) in [6, 6.07) is 4.35. The summed E-state index contributed by atoms with van der Waals surface area (Å²) in [7, 11) is -1.86. The SMILES string of the molecule is CCNS(=O)(=O)c1ccc(N)c(NCC(=O)N(C)CC)c1. The Hall–Kier alpha value is -1.80. The molecule has 0 aliphatic carbocycles. The lowest BCUT2D eigenvalue weighted by molar-refractivity contribution is -0.127. The summed E-state index contributed by atoms with van der Waals surface area (Å²) in [4.78, 5) is 13.4. The highest BCUT2D eigenvalue weighted by atomic mass is 32.2. The zero-order chi connectivity index (χ0) is 16.0. The molecule has 118 valence electrons. The second kappa shape index (κ2) is 7.28. The fourth-order valence-corrected chi connectivity index (χ4v) is 2.68. The molecular formula is C13H22N4O3S. The van der Waals surface area contributed by atoms with E-state index in [1.165, 1.54) is 18.2 Å². The highest BCUT2D eigenvalue weighted by molar-refractivity contribution is 7.89. The molecule has 0 saturated heterocycles. The Bertz CT molecular complexity index is 601. The molecule has 0 fully saturated rings. The van der Waals surface area contributed by atoms with Crippen LogP contribution in [0.4, 0.5) is 11.4 Å². The Morgan fingerprint density at radius 2 is 2.00 bits per heavy atom. The Morgan fingerprint density at radius 1 is 1.33 bits per heavy atom. The highest BCUT2D eigenvalue weighted by Crippen LogP contribution is 2.22. The van der Waals surface area contributed by atoms with Gasteiger partial charge in [0.05, 0.1) is 22.8 Å². The third-order valence-electron chi connectivity index (χ3n) is 3.00. The van der Waals surface area contributed by atoms with Gasteiger partial charge in [0, 0.05) is 20.1 Å². The number of hydrogen-bond donors (Lipinski definition) is 3. The number of nitrogen functional groups attached to an aromatic ring is 1. The lowest BCUT2D eigenvalue weighted by atomic mass is 10.2. The van der Waals surface area contributed by atoms with E-state index in [4.69, 9.17) is 5.73 Å². The Morgan fingerprint density at radius 3 is 2.57 bits per heavy atom. The van der Waals surface area contributed by atoms with Crippen LogP contribution in [0.5, 0.6) is 0 Å². The number of rotatable bonds is 7. The maximum atomic E-state index is 11.9. The van der Waals surface area contributed by atoms with Crippen LogP contribution in [0, 0.1) is 0 Å². The number of carbonyl (C=O) groups is 1. The number of carbonyl (C=O) groups excluding carboxylic acids is 1. The van der Waals surface area contributed by atoms with Gasteiger partial charge >= 0.3 is 0 Å². The van der Waals surface area contributed by atoms with Crippen molar-refractivity contribution in [2.75, 3.05) is 37.7 Å². The molecule has 0 saturated carbocycles. The lowest BCUT2D eigenvalue weighted by Crippen LogP contribution is -2.32. The summed E-state index contributed by atoms with van der Waals surface area (Å²) in [5.41, 5.74) is 6.61. The van der Waals surface area contributed by atoms with E-state index < -0.39 is 10.0 Å². The molecule has 0 bridgehead atoms. The number of anilines is 2. The Balaban J connectivity index is 2.91. The molecule has 0 aliphatic heterocycles. The van der Waals surface area contributed by atoms with Crippen molar-refractivity contribution in [3.8, 4) is 0 Å². The van der Waals surface area contributed by atoms with Gasteiger partial charge in [0.15, 0.2) is 0 Å². The minimum atomic E-state index is -3.55. The monoisotopic (exact) mass is 314 g/mol. The van der Waals surface area contributed by atoms with Gasteiger partial charge in [0.25, 0.3) is 0 Å². The van der Waals surface area contributed by atoms with E-state index >= 15 is 0 Å². The topological polar surface area (TPSA) is 105 Å². The minimum absolute atomic E-state index is 0.0548. The van der Waals surface area contributed by atoms with Crippen LogP contribution in [0.3, 0.4) is 0 Å². The first-order valence-corrected chi connectivity index (χ1v) is 8.17. The average molecular weight is 314 g/mol. The molecule has 1 aromatic rings. The molecule has 0 aromatic heterocycles. The van der Waals surface area contributed by atoms with E-state index in [1.54, 1.807) is 18.9 Å². The van der Waals surface area contributed by atoms with Crippen molar-refractivity contribution in [1.82, 2.24) is 9.62 Å². The molecule has 4 N–H and O–H groups in total.